The van der Waals surface area contributed by atoms with E-state index < -0.39 is 21.1 Å². The molecule has 1 aliphatic rings. The molecule has 182 valence electrons. The Morgan fingerprint density at radius 3 is 2.09 bits per heavy atom. The molecular formula is C27H41NO3SSn. The van der Waals surface area contributed by atoms with E-state index in [-0.39, 0.29) is 5.60 Å². The molecule has 1 fully saturated rings. The first-order chi connectivity index (χ1) is 16.1. The van der Waals surface area contributed by atoms with Gasteiger partial charge in [-0.25, -0.2) is 0 Å². The Bertz CT molecular complexity index is 797. The second-order valence-electron chi connectivity index (χ2n) is 9.37. The number of thiazole rings is 1. The zero-order valence-electron chi connectivity index (χ0n) is 21.0. The first kappa shape index (κ1) is 27.0. The van der Waals surface area contributed by atoms with Gasteiger partial charge in [0.05, 0.1) is 0 Å². The van der Waals surface area contributed by atoms with Gasteiger partial charge in [-0.2, -0.15) is 0 Å². The van der Waals surface area contributed by atoms with E-state index in [9.17, 15) is 0 Å². The van der Waals surface area contributed by atoms with Crippen molar-refractivity contribution in [3.8, 4) is 5.75 Å². The Hall–Kier alpha value is -0.631. The monoisotopic (exact) mass is 579 g/mol. The molecule has 2 aromatic rings. The number of hydrogen-bond acceptors (Lipinski definition) is 5. The fourth-order valence-corrected chi connectivity index (χ4v) is 12.4. The Morgan fingerprint density at radius 2 is 1.61 bits per heavy atom. The Kier molecular flexibility index (Phi) is 11.0. The Labute approximate surface area is 215 Å². The SMILES string of the molecule is CCCC[C](CCCC)(CCCC)[Sn][c]1cnc(C2(OCc3ccc(OC)cc3)COC2)s1. The third-order valence-electron chi connectivity index (χ3n) is 6.66. The molecule has 0 saturated carbocycles. The summed E-state index contributed by atoms with van der Waals surface area (Å²) in [7, 11) is 1.69. The van der Waals surface area contributed by atoms with Crippen molar-refractivity contribution >= 4 is 35.4 Å². The van der Waals surface area contributed by atoms with Gasteiger partial charge in [0.15, 0.2) is 0 Å². The maximum atomic E-state index is 6.45. The topological polar surface area (TPSA) is 40.6 Å². The number of rotatable bonds is 16. The summed E-state index contributed by atoms with van der Waals surface area (Å²) >= 11 is 1.16. The van der Waals surface area contributed by atoms with E-state index in [1.807, 2.05) is 23.5 Å². The van der Waals surface area contributed by atoms with E-state index >= 15 is 0 Å². The van der Waals surface area contributed by atoms with Gasteiger partial charge in [-0.05, 0) is 0 Å². The van der Waals surface area contributed by atoms with Gasteiger partial charge in [0.1, 0.15) is 0 Å². The van der Waals surface area contributed by atoms with E-state index in [1.165, 1.54) is 57.8 Å². The molecular weight excluding hydrogens is 537 g/mol. The van der Waals surface area contributed by atoms with Gasteiger partial charge >= 0.3 is 216 Å². The minimum atomic E-state index is -0.763. The molecule has 0 amide bonds. The van der Waals surface area contributed by atoms with Crippen LogP contribution in [0.25, 0.3) is 0 Å². The van der Waals surface area contributed by atoms with E-state index in [0.717, 1.165) is 16.3 Å². The number of aromatic nitrogens is 1. The van der Waals surface area contributed by atoms with Crippen LogP contribution in [-0.2, 0) is 21.7 Å². The number of unbranched alkanes of at least 4 members (excludes halogenated alkanes) is 3. The number of benzene rings is 1. The van der Waals surface area contributed by atoms with E-state index in [1.54, 1.807) is 10.0 Å². The third kappa shape index (κ3) is 7.42. The number of methoxy groups -OCH3 is 1. The summed E-state index contributed by atoms with van der Waals surface area (Å²) in [5.74, 6) is 0.869. The van der Waals surface area contributed by atoms with Gasteiger partial charge in [-0.3, -0.25) is 0 Å². The Morgan fingerprint density at radius 1 is 1.00 bits per heavy atom. The Balaban J connectivity index is 1.71. The molecule has 0 aliphatic carbocycles. The van der Waals surface area contributed by atoms with Gasteiger partial charge in [-0.15, -0.1) is 0 Å². The van der Waals surface area contributed by atoms with Crippen molar-refractivity contribution in [1.82, 2.24) is 4.98 Å². The molecule has 4 nitrogen and oxygen atoms in total. The van der Waals surface area contributed by atoms with Gasteiger partial charge in [0, 0.05) is 0 Å². The van der Waals surface area contributed by atoms with Crippen LogP contribution >= 0.6 is 11.3 Å². The number of nitrogens with zero attached hydrogens (tertiary/aromatic N) is 1. The summed E-state index contributed by atoms with van der Waals surface area (Å²) in [4.78, 5) is 4.91. The summed E-state index contributed by atoms with van der Waals surface area (Å²) in [5, 5.41) is 1.12. The van der Waals surface area contributed by atoms with Crippen molar-refractivity contribution in [2.75, 3.05) is 20.3 Å². The molecule has 0 N–H and O–H groups in total. The first-order valence-electron chi connectivity index (χ1n) is 12.7. The zero-order valence-corrected chi connectivity index (χ0v) is 24.6. The van der Waals surface area contributed by atoms with Crippen LogP contribution in [0.4, 0.5) is 0 Å². The van der Waals surface area contributed by atoms with Crippen LogP contribution in [0.2, 0.25) is 3.43 Å². The van der Waals surface area contributed by atoms with Crippen LogP contribution in [0.5, 0.6) is 5.75 Å². The second kappa shape index (κ2) is 13.5. The van der Waals surface area contributed by atoms with Crippen LogP contribution < -0.4 is 7.63 Å². The van der Waals surface area contributed by atoms with Crippen molar-refractivity contribution in [1.29, 1.82) is 0 Å². The quantitative estimate of drug-likeness (QED) is 0.209. The van der Waals surface area contributed by atoms with Crippen LogP contribution in [0.1, 0.15) is 89.1 Å². The third-order valence-corrected chi connectivity index (χ3v) is 13.9. The van der Waals surface area contributed by atoms with Crippen molar-refractivity contribution in [3.05, 3.63) is 41.0 Å². The molecule has 2 heterocycles. The van der Waals surface area contributed by atoms with Crippen molar-refractivity contribution in [2.45, 2.75) is 94.2 Å². The number of ether oxygens (including phenoxy) is 3. The summed E-state index contributed by atoms with van der Waals surface area (Å²) < 4.78 is 19.5. The summed E-state index contributed by atoms with van der Waals surface area (Å²) in [6.45, 7) is 8.78. The molecule has 3 rings (SSSR count). The van der Waals surface area contributed by atoms with E-state index in [0.29, 0.717) is 23.3 Å². The molecule has 0 unspecified atom stereocenters. The number of hydrogen-bond donors (Lipinski definition) is 0. The molecule has 1 saturated heterocycles. The predicted octanol–water partition coefficient (Wildman–Crippen LogP) is 6.65. The van der Waals surface area contributed by atoms with Crippen LogP contribution in [0.3, 0.4) is 0 Å². The van der Waals surface area contributed by atoms with Crippen molar-refractivity contribution < 1.29 is 14.2 Å². The molecule has 1 aromatic heterocycles. The molecule has 1 aliphatic heterocycles. The fraction of sp³-hybridized carbons (Fsp3) is 0.667. The zero-order chi connectivity index (χ0) is 23.6. The van der Waals surface area contributed by atoms with Gasteiger partial charge in [0.25, 0.3) is 0 Å². The van der Waals surface area contributed by atoms with E-state index in [2.05, 4.69) is 39.1 Å². The van der Waals surface area contributed by atoms with Crippen molar-refractivity contribution in [3.63, 3.8) is 0 Å². The molecule has 2 radical (unpaired) electrons. The average molecular weight is 578 g/mol. The van der Waals surface area contributed by atoms with Crippen LogP contribution in [0.15, 0.2) is 30.5 Å². The van der Waals surface area contributed by atoms with Crippen LogP contribution in [-0.4, -0.2) is 46.4 Å². The molecule has 33 heavy (non-hydrogen) atoms. The van der Waals surface area contributed by atoms with Gasteiger partial charge < -0.3 is 0 Å². The van der Waals surface area contributed by atoms with E-state index in [4.69, 9.17) is 19.2 Å². The van der Waals surface area contributed by atoms with Gasteiger partial charge in [-0.1, -0.05) is 0 Å². The molecule has 0 atom stereocenters. The van der Waals surface area contributed by atoms with Crippen molar-refractivity contribution in [2.24, 2.45) is 0 Å². The molecule has 6 heteroatoms. The average Bonchev–Trinajstić information content (AvgIpc) is 3.28. The molecule has 0 bridgehead atoms. The second-order valence-corrected chi connectivity index (χ2v) is 16.7. The fourth-order valence-electron chi connectivity index (χ4n) is 4.41. The minimum absolute atomic E-state index is 0.374. The summed E-state index contributed by atoms with van der Waals surface area (Å²) in [6, 6.07) is 8.10. The standard InChI is InChI=1S/C14H14NO3S.C13H27.Sn/c1-16-12-4-2-11(3-5-12)8-18-14(9-17-10-14)13-15-6-7-19-13;1-4-7-10-13(11-8-5-2)12-9-6-3;/h2-6H,8-10H2,1H3;4-12H2,1-3H3;. The van der Waals surface area contributed by atoms with Gasteiger partial charge in [0.2, 0.25) is 0 Å². The summed E-state index contributed by atoms with van der Waals surface area (Å²) in [6.07, 6.45) is 14.4. The first-order valence-corrected chi connectivity index (χ1v) is 16.3. The van der Waals surface area contributed by atoms with Crippen LogP contribution in [0, 0.1) is 0 Å². The predicted molar refractivity (Wildman–Crippen MR) is 139 cm³/mol. The maximum absolute atomic E-state index is 6.45. The normalized spacial score (nSPS) is 15.4. The molecule has 1 aromatic carbocycles. The summed E-state index contributed by atoms with van der Waals surface area (Å²) in [5.41, 5.74) is 0.773. The molecule has 0 spiro atoms.